The van der Waals surface area contributed by atoms with Crippen LogP contribution in [0.15, 0.2) is 24.3 Å². The number of carboxylic acids is 2. The Bertz CT molecular complexity index is 1010. The average molecular weight is 456 g/mol. The van der Waals surface area contributed by atoms with E-state index in [0.29, 0.717) is 23.6 Å². The first-order chi connectivity index (χ1) is 15.7. The molecule has 2 aliphatic rings. The second-order valence-corrected chi connectivity index (χ2v) is 9.18. The summed E-state index contributed by atoms with van der Waals surface area (Å²) in [5.74, 6) is -0.656. The Morgan fingerprint density at radius 1 is 0.879 bits per heavy atom. The molecule has 4 unspecified atom stereocenters. The summed E-state index contributed by atoms with van der Waals surface area (Å²) in [5, 5.41) is 19.7. The van der Waals surface area contributed by atoms with Gasteiger partial charge in [0.15, 0.2) is 6.29 Å². The van der Waals surface area contributed by atoms with Crippen molar-refractivity contribution in [2.24, 2.45) is 17.6 Å². The lowest BCUT2D eigenvalue weighted by atomic mass is 9.85. The van der Waals surface area contributed by atoms with Crippen LogP contribution in [0.2, 0.25) is 0 Å². The first-order valence-corrected chi connectivity index (χ1v) is 11.3. The normalized spacial score (nSPS) is 23.7. The zero-order chi connectivity index (χ0) is 24.7. The maximum Gasteiger partial charge on any atom is 0.336 e. The van der Waals surface area contributed by atoms with Gasteiger partial charge < -0.3 is 20.7 Å². The van der Waals surface area contributed by atoms with E-state index in [1.54, 1.807) is 6.07 Å². The Hall–Kier alpha value is -3.06. The highest BCUT2D eigenvalue weighted by molar-refractivity contribution is 6.16. The Morgan fingerprint density at radius 2 is 1.42 bits per heavy atom. The van der Waals surface area contributed by atoms with Gasteiger partial charge in [0.25, 0.3) is 0 Å². The molecule has 4 rings (SSSR count). The second-order valence-electron chi connectivity index (χ2n) is 9.18. The van der Waals surface area contributed by atoms with Gasteiger partial charge in [-0.2, -0.15) is 0 Å². The van der Waals surface area contributed by atoms with Gasteiger partial charge in [0.05, 0.1) is 11.1 Å². The maximum atomic E-state index is 11.7. The van der Waals surface area contributed by atoms with Crippen LogP contribution in [-0.4, -0.2) is 41.3 Å². The number of hydrogen-bond donors (Lipinski definition) is 3. The first-order valence-electron chi connectivity index (χ1n) is 11.3. The third-order valence-electron chi connectivity index (χ3n) is 6.68. The number of carbonyl (C=O) groups excluding carboxylic acids is 2. The molecule has 7 heteroatoms. The molecule has 2 aromatic carbocycles. The van der Waals surface area contributed by atoms with Gasteiger partial charge in [0.2, 0.25) is 0 Å². The van der Waals surface area contributed by atoms with Crippen molar-refractivity contribution in [2.45, 2.75) is 64.3 Å². The molecule has 4 atom stereocenters. The summed E-state index contributed by atoms with van der Waals surface area (Å²) in [4.78, 5) is 42.7. The van der Waals surface area contributed by atoms with Crippen LogP contribution < -0.4 is 5.73 Å². The van der Waals surface area contributed by atoms with Gasteiger partial charge in [-0.3, -0.25) is 4.79 Å². The number of nitrogens with two attached hydrogens (primary N) is 1. The lowest BCUT2D eigenvalue weighted by molar-refractivity contribution is -0.0980. The molecule has 178 valence electrons. The second kappa shape index (κ2) is 11.7. The van der Waals surface area contributed by atoms with Crippen molar-refractivity contribution in [1.82, 2.24) is 0 Å². The number of fused-ring (bicyclic) bond motifs is 1. The summed E-state index contributed by atoms with van der Waals surface area (Å²) in [7, 11) is 0. The fraction of sp³-hybridized carbons (Fsp3) is 0.462. The molecular weight excluding hydrogens is 422 g/mol. The van der Waals surface area contributed by atoms with Crippen LogP contribution in [-0.2, 0) is 4.79 Å². The minimum Gasteiger partial charge on any atom is -0.478 e. The number of rotatable bonds is 4. The molecule has 2 saturated carbocycles. The molecule has 0 aliphatic heterocycles. The first kappa shape index (κ1) is 26.2. The summed E-state index contributed by atoms with van der Waals surface area (Å²) < 4.78 is 0. The molecule has 0 aromatic heterocycles. The number of carbonyl (C=O) groups is 4. The van der Waals surface area contributed by atoms with E-state index in [-0.39, 0.29) is 28.0 Å². The largest absolute Gasteiger partial charge is 0.478 e. The van der Waals surface area contributed by atoms with Crippen LogP contribution in [0.5, 0.6) is 0 Å². The Morgan fingerprint density at radius 3 is 1.85 bits per heavy atom. The van der Waals surface area contributed by atoms with E-state index in [0.717, 1.165) is 30.7 Å². The molecule has 0 amide bonds. The van der Waals surface area contributed by atoms with Crippen molar-refractivity contribution in [3.63, 3.8) is 0 Å². The van der Waals surface area contributed by atoms with Gasteiger partial charge in [-0.1, -0.05) is 32.4 Å². The van der Waals surface area contributed by atoms with Crippen molar-refractivity contribution in [3.8, 4) is 0 Å². The summed E-state index contributed by atoms with van der Waals surface area (Å²) in [6.45, 7) is 6.43. The number of aldehydes is 1. The van der Waals surface area contributed by atoms with Gasteiger partial charge in [0, 0.05) is 22.4 Å². The predicted octanol–water partition coefficient (Wildman–Crippen LogP) is 4.90. The molecule has 0 bridgehead atoms. The van der Waals surface area contributed by atoms with Gasteiger partial charge >= 0.3 is 11.9 Å². The van der Waals surface area contributed by atoms with E-state index in [1.165, 1.54) is 37.5 Å². The highest BCUT2D eigenvalue weighted by Crippen LogP contribution is 2.42. The molecule has 2 aliphatic carbocycles. The van der Waals surface area contributed by atoms with Crippen molar-refractivity contribution < 1.29 is 29.4 Å². The smallest absolute Gasteiger partial charge is 0.336 e. The quantitative estimate of drug-likeness (QED) is 0.558. The highest BCUT2D eigenvalue weighted by atomic mass is 16.4. The van der Waals surface area contributed by atoms with E-state index in [9.17, 15) is 24.6 Å². The lowest BCUT2D eigenvalue weighted by Crippen LogP contribution is -2.14. The van der Waals surface area contributed by atoms with Crippen LogP contribution >= 0.6 is 0 Å². The van der Waals surface area contributed by atoms with E-state index in [4.69, 9.17) is 10.5 Å². The van der Waals surface area contributed by atoms with Gasteiger partial charge in [-0.25, -0.2) is 9.59 Å². The van der Waals surface area contributed by atoms with Gasteiger partial charge in [-0.05, 0) is 67.6 Å². The number of aromatic carboxylic acids is 2. The van der Waals surface area contributed by atoms with Crippen LogP contribution in [0.1, 0.15) is 94.9 Å². The molecule has 0 spiro atoms. The Balaban J connectivity index is 0.000000362. The standard InChI is InChI=1S/C19H18O5.C6H13N.CH2O/c1-10-2-3-11(8-10)13-6-7-14(18(21)22)16-12(9-20)4-5-15(17(13)16)19(23)24;1-5-2-3-6(7)4-5;1-2/h4-7,9-11H,2-3,8H2,1H3,(H,21,22)(H,23,24);5-6H,2-4,7H2,1H3;1H2. The molecular formula is C26H33NO6. The summed E-state index contributed by atoms with van der Waals surface area (Å²) in [6, 6.07) is 6.50. The molecule has 4 N–H and O–H groups in total. The van der Waals surface area contributed by atoms with Gasteiger partial charge in [-0.15, -0.1) is 0 Å². The topological polar surface area (TPSA) is 135 Å². The van der Waals surface area contributed by atoms with Crippen molar-refractivity contribution >= 4 is 35.8 Å². The van der Waals surface area contributed by atoms with Crippen molar-refractivity contribution in [1.29, 1.82) is 0 Å². The molecule has 0 saturated heterocycles. The monoisotopic (exact) mass is 455 g/mol. The predicted molar refractivity (Wildman–Crippen MR) is 127 cm³/mol. The summed E-state index contributed by atoms with van der Waals surface area (Å²) in [5.41, 5.74) is 6.68. The number of benzene rings is 2. The molecule has 0 radical (unpaired) electrons. The zero-order valence-corrected chi connectivity index (χ0v) is 19.3. The fourth-order valence-electron chi connectivity index (χ4n) is 5.08. The zero-order valence-electron chi connectivity index (χ0n) is 19.3. The van der Waals surface area contributed by atoms with Crippen molar-refractivity contribution in [2.75, 3.05) is 0 Å². The van der Waals surface area contributed by atoms with Crippen LogP contribution in [0.3, 0.4) is 0 Å². The van der Waals surface area contributed by atoms with Crippen LogP contribution in [0.4, 0.5) is 0 Å². The molecule has 2 fully saturated rings. The average Bonchev–Trinajstić information content (AvgIpc) is 3.40. The van der Waals surface area contributed by atoms with Crippen LogP contribution in [0, 0.1) is 11.8 Å². The summed E-state index contributed by atoms with van der Waals surface area (Å²) in [6.07, 6.45) is 7.37. The number of hydrogen-bond acceptors (Lipinski definition) is 5. The lowest BCUT2D eigenvalue weighted by Gasteiger charge is -2.18. The van der Waals surface area contributed by atoms with E-state index in [2.05, 4.69) is 13.8 Å². The van der Waals surface area contributed by atoms with E-state index in [1.807, 2.05) is 6.79 Å². The summed E-state index contributed by atoms with van der Waals surface area (Å²) >= 11 is 0. The SMILES string of the molecule is C=O.CC1CCC(N)C1.CC1CCC(c2ccc(C(=O)O)c3c(C=O)ccc(C(=O)O)c23)C1. The maximum absolute atomic E-state index is 11.7. The highest BCUT2D eigenvalue weighted by Gasteiger charge is 2.28. The third-order valence-corrected chi connectivity index (χ3v) is 6.68. The number of carboxylic acid groups (broad SMARTS) is 2. The fourth-order valence-corrected chi connectivity index (χ4v) is 5.08. The minimum atomic E-state index is -1.17. The Labute approximate surface area is 194 Å². The van der Waals surface area contributed by atoms with Crippen molar-refractivity contribution in [3.05, 3.63) is 46.5 Å². The minimum absolute atomic E-state index is 0.0370. The molecule has 33 heavy (non-hydrogen) atoms. The molecule has 7 nitrogen and oxygen atoms in total. The molecule has 0 heterocycles. The van der Waals surface area contributed by atoms with E-state index >= 15 is 0 Å². The van der Waals surface area contributed by atoms with E-state index < -0.39 is 11.9 Å². The molecule has 2 aromatic rings. The van der Waals surface area contributed by atoms with Crippen LogP contribution in [0.25, 0.3) is 10.8 Å². The third kappa shape index (κ3) is 6.05. The Kier molecular flexibility index (Phi) is 9.29. The van der Waals surface area contributed by atoms with Gasteiger partial charge in [0.1, 0.15) is 6.79 Å².